The molecule has 2 heteroatoms. The largest absolute Gasteiger partial charge is 0.388 e. The number of nitrogens with two attached hydrogens (primary N) is 1. The number of unbranched alkanes of at least 4 members (excludes halogenated alkanes) is 4. The highest BCUT2D eigenvalue weighted by Gasteiger charge is 2.28. The van der Waals surface area contributed by atoms with E-state index in [1.165, 1.54) is 25.7 Å². The van der Waals surface area contributed by atoms with E-state index < -0.39 is 5.60 Å². The van der Waals surface area contributed by atoms with Crippen molar-refractivity contribution in [3.8, 4) is 0 Å². The Morgan fingerprint density at radius 1 is 1.14 bits per heavy atom. The molecule has 0 aliphatic rings. The van der Waals surface area contributed by atoms with Gasteiger partial charge in [-0.1, -0.05) is 52.9 Å². The Kier molecular flexibility index (Phi) is 7.20. The van der Waals surface area contributed by atoms with Crippen molar-refractivity contribution in [2.45, 2.75) is 64.9 Å². The highest BCUT2D eigenvalue weighted by molar-refractivity contribution is 4.82. The van der Waals surface area contributed by atoms with Gasteiger partial charge in [-0.3, -0.25) is 0 Å². The summed E-state index contributed by atoms with van der Waals surface area (Å²) in [6, 6.07) is 0. The minimum absolute atomic E-state index is 0.263. The first-order valence-electron chi connectivity index (χ1n) is 5.99. The Labute approximate surface area is 88.9 Å². The van der Waals surface area contributed by atoms with Crippen LogP contribution in [0.4, 0.5) is 0 Å². The fourth-order valence-corrected chi connectivity index (χ4v) is 1.66. The third-order valence-electron chi connectivity index (χ3n) is 3.14. The SMILES string of the molecule is CCCCCCCC(O)(CN)C(C)C. The van der Waals surface area contributed by atoms with Crippen LogP contribution in [0.15, 0.2) is 0 Å². The second-order valence-corrected chi connectivity index (χ2v) is 4.63. The highest BCUT2D eigenvalue weighted by atomic mass is 16.3. The molecule has 86 valence electrons. The zero-order valence-corrected chi connectivity index (χ0v) is 10.1. The summed E-state index contributed by atoms with van der Waals surface area (Å²) in [7, 11) is 0. The van der Waals surface area contributed by atoms with Gasteiger partial charge >= 0.3 is 0 Å². The molecule has 3 N–H and O–H groups in total. The Bertz CT molecular complexity index is 136. The molecule has 1 unspecified atom stereocenters. The van der Waals surface area contributed by atoms with Gasteiger partial charge < -0.3 is 10.8 Å². The number of rotatable bonds is 8. The molecule has 0 aromatic carbocycles. The molecular weight excluding hydrogens is 174 g/mol. The lowest BCUT2D eigenvalue weighted by molar-refractivity contribution is -0.00648. The van der Waals surface area contributed by atoms with E-state index in [2.05, 4.69) is 6.92 Å². The van der Waals surface area contributed by atoms with Crippen molar-refractivity contribution in [1.82, 2.24) is 0 Å². The monoisotopic (exact) mass is 201 g/mol. The smallest absolute Gasteiger partial charge is 0.0792 e. The fraction of sp³-hybridized carbons (Fsp3) is 1.00. The minimum Gasteiger partial charge on any atom is -0.388 e. The molecule has 0 radical (unpaired) electrons. The van der Waals surface area contributed by atoms with Crippen molar-refractivity contribution < 1.29 is 5.11 Å². The first-order chi connectivity index (χ1) is 6.56. The van der Waals surface area contributed by atoms with Gasteiger partial charge in [0.05, 0.1) is 5.60 Å². The molecule has 0 heterocycles. The van der Waals surface area contributed by atoms with Crippen molar-refractivity contribution in [3.05, 3.63) is 0 Å². The molecule has 0 aromatic rings. The number of hydrogen-bond acceptors (Lipinski definition) is 2. The van der Waals surface area contributed by atoms with Crippen molar-refractivity contribution in [2.75, 3.05) is 6.54 Å². The van der Waals surface area contributed by atoms with Gasteiger partial charge in [0.2, 0.25) is 0 Å². The topological polar surface area (TPSA) is 46.2 Å². The summed E-state index contributed by atoms with van der Waals surface area (Å²) in [5.74, 6) is 0.263. The first-order valence-corrected chi connectivity index (χ1v) is 5.99. The summed E-state index contributed by atoms with van der Waals surface area (Å²) >= 11 is 0. The van der Waals surface area contributed by atoms with Gasteiger partial charge in [0.25, 0.3) is 0 Å². The quantitative estimate of drug-likeness (QED) is 0.593. The summed E-state index contributed by atoms with van der Waals surface area (Å²) in [4.78, 5) is 0. The van der Waals surface area contributed by atoms with Gasteiger partial charge in [-0.2, -0.15) is 0 Å². The second-order valence-electron chi connectivity index (χ2n) is 4.63. The molecule has 0 aliphatic heterocycles. The minimum atomic E-state index is -0.633. The molecule has 1 atom stereocenters. The average molecular weight is 201 g/mol. The molecule has 0 aromatic heterocycles. The molecule has 0 saturated carbocycles. The van der Waals surface area contributed by atoms with Crippen LogP contribution in [-0.4, -0.2) is 17.3 Å². The Morgan fingerprint density at radius 3 is 2.14 bits per heavy atom. The van der Waals surface area contributed by atoms with Crippen LogP contribution in [0.25, 0.3) is 0 Å². The van der Waals surface area contributed by atoms with Crippen molar-refractivity contribution in [1.29, 1.82) is 0 Å². The number of hydrogen-bond donors (Lipinski definition) is 2. The Morgan fingerprint density at radius 2 is 1.71 bits per heavy atom. The maximum absolute atomic E-state index is 10.1. The van der Waals surface area contributed by atoms with Gasteiger partial charge in [-0.05, 0) is 12.3 Å². The van der Waals surface area contributed by atoms with Gasteiger partial charge in [0.1, 0.15) is 0 Å². The van der Waals surface area contributed by atoms with E-state index in [0.717, 1.165) is 12.8 Å². The van der Waals surface area contributed by atoms with Gasteiger partial charge in [0, 0.05) is 6.54 Å². The van der Waals surface area contributed by atoms with Gasteiger partial charge in [-0.25, -0.2) is 0 Å². The zero-order valence-electron chi connectivity index (χ0n) is 10.1. The van der Waals surface area contributed by atoms with E-state index in [1.807, 2.05) is 13.8 Å². The molecule has 0 spiro atoms. The fourth-order valence-electron chi connectivity index (χ4n) is 1.66. The van der Waals surface area contributed by atoms with E-state index in [-0.39, 0.29) is 5.92 Å². The number of aliphatic hydroxyl groups is 1. The predicted octanol–water partition coefficient (Wildman–Crippen LogP) is 2.69. The van der Waals surface area contributed by atoms with Crippen LogP contribution in [0.5, 0.6) is 0 Å². The Hall–Kier alpha value is -0.0800. The third-order valence-corrected chi connectivity index (χ3v) is 3.14. The van der Waals surface area contributed by atoms with E-state index in [4.69, 9.17) is 5.73 Å². The summed E-state index contributed by atoms with van der Waals surface area (Å²) in [6.45, 7) is 6.68. The molecule has 0 fully saturated rings. The lowest BCUT2D eigenvalue weighted by atomic mass is 9.85. The third kappa shape index (κ3) is 4.97. The normalized spacial score (nSPS) is 15.9. The van der Waals surface area contributed by atoms with Crippen LogP contribution in [0.1, 0.15) is 59.3 Å². The second kappa shape index (κ2) is 7.24. The molecule has 0 bridgehead atoms. The predicted molar refractivity (Wildman–Crippen MR) is 62.2 cm³/mol. The van der Waals surface area contributed by atoms with Crippen molar-refractivity contribution >= 4 is 0 Å². The lowest BCUT2D eigenvalue weighted by Crippen LogP contribution is -2.42. The van der Waals surface area contributed by atoms with Crippen LogP contribution >= 0.6 is 0 Å². The maximum Gasteiger partial charge on any atom is 0.0792 e. The van der Waals surface area contributed by atoms with Crippen LogP contribution in [0.2, 0.25) is 0 Å². The van der Waals surface area contributed by atoms with Crippen molar-refractivity contribution in [2.24, 2.45) is 11.7 Å². The molecule has 0 amide bonds. The highest BCUT2D eigenvalue weighted by Crippen LogP contribution is 2.23. The van der Waals surface area contributed by atoms with E-state index in [1.54, 1.807) is 0 Å². The first kappa shape index (κ1) is 13.9. The maximum atomic E-state index is 10.1. The van der Waals surface area contributed by atoms with Gasteiger partial charge in [0.15, 0.2) is 0 Å². The summed E-state index contributed by atoms with van der Waals surface area (Å²) in [6.07, 6.45) is 7.04. The van der Waals surface area contributed by atoms with Crippen LogP contribution in [0, 0.1) is 5.92 Å². The average Bonchev–Trinajstić information content (AvgIpc) is 2.17. The van der Waals surface area contributed by atoms with E-state index in [9.17, 15) is 5.11 Å². The Balaban J connectivity index is 3.63. The summed E-state index contributed by atoms with van der Waals surface area (Å²) < 4.78 is 0. The molecule has 0 aliphatic carbocycles. The lowest BCUT2D eigenvalue weighted by Gasteiger charge is -2.30. The van der Waals surface area contributed by atoms with E-state index >= 15 is 0 Å². The molecule has 0 rings (SSSR count). The molecule has 0 saturated heterocycles. The van der Waals surface area contributed by atoms with Crippen LogP contribution in [0.3, 0.4) is 0 Å². The standard InChI is InChI=1S/C12H27NO/c1-4-5-6-7-8-9-12(14,10-13)11(2)3/h11,14H,4-10,13H2,1-3H3. The zero-order chi connectivity index (χ0) is 11.0. The van der Waals surface area contributed by atoms with Gasteiger partial charge in [-0.15, -0.1) is 0 Å². The summed E-state index contributed by atoms with van der Waals surface area (Å²) in [5, 5.41) is 10.1. The van der Waals surface area contributed by atoms with Crippen LogP contribution < -0.4 is 5.73 Å². The molecule has 2 nitrogen and oxygen atoms in total. The van der Waals surface area contributed by atoms with Crippen LogP contribution in [-0.2, 0) is 0 Å². The molecular formula is C12H27NO. The van der Waals surface area contributed by atoms with Crippen molar-refractivity contribution in [3.63, 3.8) is 0 Å². The summed E-state index contributed by atoms with van der Waals surface area (Å²) in [5.41, 5.74) is 4.97. The molecule has 14 heavy (non-hydrogen) atoms. The van der Waals surface area contributed by atoms with E-state index in [0.29, 0.717) is 6.54 Å².